The standard InChI is InChI=1S/C17H11BrF2N2/c18-13-8-6-11(7-9-13)14-10-15(16(19)20)22-17(21-14)12-4-2-1-3-5-12/h1-10,16H. The van der Waals surface area contributed by atoms with Crippen LogP contribution in [0.15, 0.2) is 65.1 Å². The summed E-state index contributed by atoms with van der Waals surface area (Å²) in [5.74, 6) is 0.302. The van der Waals surface area contributed by atoms with Gasteiger partial charge in [0.05, 0.1) is 5.69 Å². The summed E-state index contributed by atoms with van der Waals surface area (Å²) in [5, 5.41) is 0. The van der Waals surface area contributed by atoms with Gasteiger partial charge < -0.3 is 0 Å². The lowest BCUT2D eigenvalue weighted by molar-refractivity contribution is 0.146. The molecule has 0 atom stereocenters. The first-order valence-electron chi connectivity index (χ1n) is 6.62. The summed E-state index contributed by atoms with van der Waals surface area (Å²) < 4.78 is 27.2. The Bertz CT molecular complexity index is 774. The molecule has 0 unspecified atom stereocenters. The number of hydrogen-bond donors (Lipinski definition) is 0. The van der Waals surface area contributed by atoms with Gasteiger partial charge in [0, 0.05) is 15.6 Å². The molecule has 0 fully saturated rings. The molecule has 0 saturated heterocycles. The van der Waals surface area contributed by atoms with Gasteiger partial charge in [-0.2, -0.15) is 0 Å². The minimum atomic E-state index is -2.64. The van der Waals surface area contributed by atoms with Gasteiger partial charge in [-0.1, -0.05) is 58.4 Å². The molecule has 0 aliphatic rings. The molecule has 1 aromatic heterocycles. The summed E-state index contributed by atoms with van der Waals surface area (Å²) >= 11 is 3.35. The Kier molecular flexibility index (Phi) is 4.24. The van der Waals surface area contributed by atoms with Gasteiger partial charge in [-0.25, -0.2) is 18.7 Å². The molecular formula is C17H11BrF2N2. The van der Waals surface area contributed by atoms with Crippen LogP contribution in [-0.2, 0) is 0 Å². The topological polar surface area (TPSA) is 25.8 Å². The van der Waals surface area contributed by atoms with Gasteiger partial charge in [0.15, 0.2) is 5.82 Å². The Labute approximate surface area is 135 Å². The summed E-state index contributed by atoms with van der Waals surface area (Å²) in [7, 11) is 0. The molecule has 22 heavy (non-hydrogen) atoms. The maximum atomic E-state index is 13.1. The van der Waals surface area contributed by atoms with Crippen LogP contribution in [-0.4, -0.2) is 9.97 Å². The highest BCUT2D eigenvalue weighted by Gasteiger charge is 2.14. The normalized spacial score (nSPS) is 10.9. The van der Waals surface area contributed by atoms with Crippen molar-refractivity contribution in [2.45, 2.75) is 6.43 Å². The zero-order valence-electron chi connectivity index (χ0n) is 11.4. The highest BCUT2D eigenvalue weighted by atomic mass is 79.9. The lowest BCUT2D eigenvalue weighted by Crippen LogP contribution is -1.98. The Morgan fingerprint density at radius 2 is 1.50 bits per heavy atom. The Hall–Kier alpha value is -2.14. The summed E-state index contributed by atoms with van der Waals surface area (Å²) in [4.78, 5) is 8.40. The summed E-state index contributed by atoms with van der Waals surface area (Å²) in [5.41, 5.74) is 1.69. The number of rotatable bonds is 3. The van der Waals surface area contributed by atoms with Crippen molar-refractivity contribution in [2.24, 2.45) is 0 Å². The maximum absolute atomic E-state index is 13.1. The van der Waals surface area contributed by atoms with Crippen LogP contribution in [0.5, 0.6) is 0 Å². The molecule has 0 bridgehead atoms. The highest BCUT2D eigenvalue weighted by Crippen LogP contribution is 2.27. The van der Waals surface area contributed by atoms with Crippen molar-refractivity contribution >= 4 is 15.9 Å². The van der Waals surface area contributed by atoms with Gasteiger partial charge in [-0.3, -0.25) is 0 Å². The average molecular weight is 361 g/mol. The van der Waals surface area contributed by atoms with Gasteiger partial charge in [-0.05, 0) is 18.2 Å². The van der Waals surface area contributed by atoms with Crippen molar-refractivity contribution in [1.29, 1.82) is 0 Å². The molecule has 0 spiro atoms. The molecule has 3 rings (SSSR count). The SMILES string of the molecule is FC(F)c1cc(-c2ccc(Br)cc2)nc(-c2ccccc2)n1. The monoisotopic (exact) mass is 360 g/mol. The number of aromatic nitrogens is 2. The zero-order chi connectivity index (χ0) is 15.5. The van der Waals surface area contributed by atoms with Crippen LogP contribution in [0.25, 0.3) is 22.6 Å². The molecule has 0 aliphatic carbocycles. The third kappa shape index (κ3) is 3.20. The minimum absolute atomic E-state index is 0.272. The molecule has 110 valence electrons. The van der Waals surface area contributed by atoms with E-state index in [1.54, 1.807) is 12.1 Å². The molecule has 0 N–H and O–H groups in total. The van der Waals surface area contributed by atoms with Gasteiger partial charge in [-0.15, -0.1) is 0 Å². The molecular weight excluding hydrogens is 350 g/mol. The molecule has 5 heteroatoms. The minimum Gasteiger partial charge on any atom is -0.228 e. The molecule has 0 amide bonds. The molecule has 2 aromatic carbocycles. The molecule has 0 aliphatic heterocycles. The van der Waals surface area contributed by atoms with Crippen molar-refractivity contribution in [3.63, 3.8) is 0 Å². The first-order valence-corrected chi connectivity index (χ1v) is 7.41. The van der Waals surface area contributed by atoms with E-state index in [4.69, 9.17) is 0 Å². The van der Waals surface area contributed by atoms with Crippen molar-refractivity contribution in [3.8, 4) is 22.6 Å². The van der Waals surface area contributed by atoms with Crippen molar-refractivity contribution in [3.05, 3.63) is 70.8 Å². The highest BCUT2D eigenvalue weighted by molar-refractivity contribution is 9.10. The number of benzene rings is 2. The fraction of sp³-hybridized carbons (Fsp3) is 0.0588. The first kappa shape index (κ1) is 14.8. The van der Waals surface area contributed by atoms with Crippen LogP contribution in [0, 0.1) is 0 Å². The van der Waals surface area contributed by atoms with E-state index < -0.39 is 6.43 Å². The Morgan fingerprint density at radius 3 is 2.14 bits per heavy atom. The zero-order valence-corrected chi connectivity index (χ0v) is 13.0. The largest absolute Gasteiger partial charge is 0.280 e. The number of alkyl halides is 2. The second kappa shape index (κ2) is 6.32. The van der Waals surface area contributed by atoms with E-state index in [0.29, 0.717) is 17.1 Å². The summed E-state index contributed by atoms with van der Waals surface area (Å²) in [6.45, 7) is 0. The molecule has 2 nitrogen and oxygen atoms in total. The number of halogens is 3. The maximum Gasteiger partial charge on any atom is 0.280 e. The van der Waals surface area contributed by atoms with E-state index in [1.165, 1.54) is 6.07 Å². The lowest BCUT2D eigenvalue weighted by Gasteiger charge is -2.08. The van der Waals surface area contributed by atoms with Crippen molar-refractivity contribution < 1.29 is 8.78 Å². The second-order valence-corrected chi connectivity index (χ2v) is 5.59. The van der Waals surface area contributed by atoms with Crippen LogP contribution in [0.3, 0.4) is 0 Å². The van der Waals surface area contributed by atoms with E-state index in [1.807, 2.05) is 42.5 Å². The Balaban J connectivity index is 2.14. The van der Waals surface area contributed by atoms with Crippen LogP contribution >= 0.6 is 15.9 Å². The van der Waals surface area contributed by atoms with E-state index in [-0.39, 0.29) is 5.69 Å². The third-order valence-electron chi connectivity index (χ3n) is 3.14. The predicted octanol–water partition coefficient (Wildman–Crippen LogP) is 5.51. The number of hydrogen-bond acceptors (Lipinski definition) is 2. The van der Waals surface area contributed by atoms with Crippen molar-refractivity contribution in [1.82, 2.24) is 9.97 Å². The van der Waals surface area contributed by atoms with E-state index >= 15 is 0 Å². The van der Waals surface area contributed by atoms with E-state index in [0.717, 1.165) is 10.0 Å². The fourth-order valence-electron chi connectivity index (χ4n) is 2.06. The van der Waals surface area contributed by atoms with Gasteiger partial charge in [0.2, 0.25) is 0 Å². The summed E-state index contributed by atoms with van der Waals surface area (Å²) in [6, 6.07) is 17.8. The van der Waals surface area contributed by atoms with Gasteiger partial charge in [0.1, 0.15) is 5.69 Å². The van der Waals surface area contributed by atoms with Crippen LogP contribution in [0.4, 0.5) is 8.78 Å². The summed E-state index contributed by atoms with van der Waals surface area (Å²) in [6.07, 6.45) is -2.64. The quantitative estimate of drug-likeness (QED) is 0.615. The van der Waals surface area contributed by atoms with Crippen LogP contribution in [0.2, 0.25) is 0 Å². The van der Waals surface area contributed by atoms with Gasteiger partial charge >= 0.3 is 0 Å². The molecule has 1 heterocycles. The lowest BCUT2D eigenvalue weighted by atomic mass is 10.1. The third-order valence-corrected chi connectivity index (χ3v) is 3.67. The average Bonchev–Trinajstić information content (AvgIpc) is 2.56. The van der Waals surface area contributed by atoms with Gasteiger partial charge in [0.25, 0.3) is 6.43 Å². The van der Waals surface area contributed by atoms with Crippen LogP contribution in [0.1, 0.15) is 12.1 Å². The van der Waals surface area contributed by atoms with Crippen molar-refractivity contribution in [2.75, 3.05) is 0 Å². The number of nitrogens with zero attached hydrogens (tertiary/aromatic N) is 2. The van der Waals surface area contributed by atoms with E-state index in [9.17, 15) is 8.78 Å². The Morgan fingerprint density at radius 1 is 0.818 bits per heavy atom. The first-order chi connectivity index (χ1) is 10.6. The van der Waals surface area contributed by atoms with Crippen LogP contribution < -0.4 is 0 Å². The second-order valence-electron chi connectivity index (χ2n) is 4.68. The molecule has 0 saturated carbocycles. The predicted molar refractivity (Wildman–Crippen MR) is 85.6 cm³/mol. The fourth-order valence-corrected chi connectivity index (χ4v) is 2.33. The molecule has 3 aromatic rings. The molecule has 0 radical (unpaired) electrons. The van der Waals surface area contributed by atoms with E-state index in [2.05, 4.69) is 25.9 Å². The smallest absolute Gasteiger partial charge is 0.228 e.